The zero-order valence-electron chi connectivity index (χ0n) is 21.5. The van der Waals surface area contributed by atoms with Crippen LogP contribution in [0.15, 0.2) is 28.1 Å². The van der Waals surface area contributed by atoms with Crippen molar-refractivity contribution in [3.63, 3.8) is 0 Å². The first-order chi connectivity index (χ1) is 17.2. The number of nitrogens with zero attached hydrogens (tertiary/aromatic N) is 3. The molecule has 0 unspecified atom stereocenters. The van der Waals surface area contributed by atoms with E-state index in [0.29, 0.717) is 22.5 Å². The number of anilines is 1. The number of carbonyl (C=O) groups is 2. The Bertz CT molecular complexity index is 1130. The number of hydrogen-bond donors (Lipinski definition) is 3. The third-order valence-corrected chi connectivity index (χ3v) is 4.79. The predicted molar refractivity (Wildman–Crippen MR) is 143 cm³/mol. The Kier molecular flexibility index (Phi) is 15.5. The molecule has 0 bridgehead atoms. The molecule has 2 aromatic rings. The lowest BCUT2D eigenvalue weighted by Crippen LogP contribution is -2.36. The van der Waals surface area contributed by atoms with E-state index in [4.69, 9.17) is 28.5 Å². The minimum absolute atomic E-state index is 0.0197. The molecular formula is C24H32Cl2N6O4. The van der Waals surface area contributed by atoms with Gasteiger partial charge in [0.05, 0.1) is 18.0 Å². The zero-order valence-corrected chi connectivity index (χ0v) is 23.0. The largest absolute Gasteiger partial charge is 0.450 e. The number of benzene rings is 1. The summed E-state index contributed by atoms with van der Waals surface area (Å²) in [5.41, 5.74) is 3.70. The van der Waals surface area contributed by atoms with Gasteiger partial charge in [-0.3, -0.25) is 20.3 Å². The summed E-state index contributed by atoms with van der Waals surface area (Å²) in [5.74, 6) is -1.01. The number of aromatic nitrogens is 2. The summed E-state index contributed by atoms with van der Waals surface area (Å²) in [6.07, 6.45) is -0.726. The standard InChI is InChI=1S/C20H20Cl2N6O4.2C2H6/c1-4-32-20(31)24-19(30)17(9-23)27-25-12-7-15(21)14(16(22)8-12)6-11-5-13(10(2)3)18(29)28-26-11;2*1-2/h5,7-8,10,25H,4,6H2,1-3H3,(H,28,29)(H,24,30,31);2*1-2H3/b27-17-;;. The van der Waals surface area contributed by atoms with Crippen LogP contribution in [0, 0.1) is 11.3 Å². The Morgan fingerprint density at radius 1 is 1.17 bits per heavy atom. The number of H-pyrrole nitrogens is 1. The van der Waals surface area contributed by atoms with Gasteiger partial charge in [-0.05, 0) is 36.6 Å². The number of aromatic amines is 1. The van der Waals surface area contributed by atoms with E-state index in [-0.39, 0.29) is 34.6 Å². The van der Waals surface area contributed by atoms with Crippen molar-refractivity contribution in [3.8, 4) is 6.07 Å². The Balaban J connectivity index is 0.00000291. The molecule has 0 radical (unpaired) electrons. The van der Waals surface area contributed by atoms with Gasteiger partial charge in [-0.2, -0.15) is 15.5 Å². The van der Waals surface area contributed by atoms with Crippen molar-refractivity contribution in [1.82, 2.24) is 15.5 Å². The number of halogens is 2. The highest BCUT2D eigenvalue weighted by molar-refractivity contribution is 6.47. The SMILES string of the molecule is CC.CC.CCOC(=O)NC(=O)/C(C#N)=N\Nc1cc(Cl)c(Cc2cc(C(C)C)c(=O)[nH]n2)c(Cl)c1. The van der Waals surface area contributed by atoms with E-state index in [1.807, 2.05) is 46.9 Å². The molecule has 3 N–H and O–H groups in total. The smallest absolute Gasteiger partial charge is 0.414 e. The molecule has 36 heavy (non-hydrogen) atoms. The van der Waals surface area contributed by atoms with Crippen LogP contribution in [0.1, 0.15) is 71.2 Å². The summed E-state index contributed by atoms with van der Waals surface area (Å²) in [5, 5.41) is 21.7. The van der Waals surface area contributed by atoms with Crippen LogP contribution in [0.4, 0.5) is 10.5 Å². The van der Waals surface area contributed by atoms with Crippen LogP contribution < -0.4 is 16.3 Å². The van der Waals surface area contributed by atoms with Gasteiger partial charge in [0.1, 0.15) is 6.07 Å². The first-order valence-electron chi connectivity index (χ1n) is 11.4. The monoisotopic (exact) mass is 538 g/mol. The van der Waals surface area contributed by atoms with Gasteiger partial charge in [0.2, 0.25) is 5.71 Å². The van der Waals surface area contributed by atoms with Crippen molar-refractivity contribution in [1.29, 1.82) is 5.26 Å². The fourth-order valence-corrected chi connectivity index (χ4v) is 3.19. The Labute approximate surface area is 221 Å². The van der Waals surface area contributed by atoms with Crippen molar-refractivity contribution in [2.24, 2.45) is 5.10 Å². The molecule has 0 aliphatic heterocycles. The van der Waals surface area contributed by atoms with Crippen molar-refractivity contribution in [2.45, 2.75) is 60.8 Å². The van der Waals surface area contributed by atoms with Crippen molar-refractivity contribution in [2.75, 3.05) is 12.0 Å². The number of hydrazone groups is 1. The third kappa shape index (κ3) is 10.1. The maximum atomic E-state index is 11.9. The summed E-state index contributed by atoms with van der Waals surface area (Å²) < 4.78 is 4.58. The molecule has 1 aromatic carbocycles. The number of carbonyl (C=O) groups excluding carboxylic acids is 2. The van der Waals surface area contributed by atoms with Gasteiger partial charge >= 0.3 is 6.09 Å². The number of alkyl carbamates (subject to hydrolysis) is 1. The van der Waals surface area contributed by atoms with E-state index >= 15 is 0 Å². The van der Waals surface area contributed by atoms with Crippen molar-refractivity contribution in [3.05, 3.63) is 55.4 Å². The minimum atomic E-state index is -1.03. The predicted octanol–water partition coefficient (Wildman–Crippen LogP) is 5.41. The lowest BCUT2D eigenvalue weighted by atomic mass is 10.0. The number of rotatable bonds is 7. The molecule has 0 aliphatic carbocycles. The molecule has 0 aliphatic rings. The van der Waals surface area contributed by atoms with E-state index < -0.39 is 17.7 Å². The van der Waals surface area contributed by atoms with Crippen LogP contribution in [0.5, 0.6) is 0 Å². The summed E-state index contributed by atoms with van der Waals surface area (Å²) in [4.78, 5) is 35.1. The molecular weight excluding hydrogens is 507 g/mol. The number of nitriles is 1. The van der Waals surface area contributed by atoms with Crippen LogP contribution in [-0.2, 0) is 16.0 Å². The molecule has 0 spiro atoms. The molecule has 1 aromatic heterocycles. The molecule has 0 atom stereocenters. The summed E-state index contributed by atoms with van der Waals surface area (Å²) in [6, 6.07) is 6.28. The van der Waals surface area contributed by atoms with Gasteiger partial charge in [0, 0.05) is 22.0 Å². The van der Waals surface area contributed by atoms with E-state index in [1.165, 1.54) is 12.1 Å². The molecule has 10 nitrogen and oxygen atoms in total. The summed E-state index contributed by atoms with van der Waals surface area (Å²) in [7, 11) is 0. The lowest BCUT2D eigenvalue weighted by Gasteiger charge is -2.11. The van der Waals surface area contributed by atoms with Gasteiger partial charge < -0.3 is 4.74 Å². The van der Waals surface area contributed by atoms with Gasteiger partial charge in [0.15, 0.2) is 0 Å². The normalized spacial score (nSPS) is 10.2. The first-order valence-corrected chi connectivity index (χ1v) is 12.2. The van der Waals surface area contributed by atoms with E-state index in [2.05, 4.69) is 25.5 Å². The van der Waals surface area contributed by atoms with E-state index in [9.17, 15) is 14.4 Å². The highest BCUT2D eigenvalue weighted by Gasteiger charge is 2.16. The highest BCUT2D eigenvalue weighted by atomic mass is 35.5. The second-order valence-electron chi connectivity index (χ2n) is 6.75. The molecule has 2 amide bonds. The lowest BCUT2D eigenvalue weighted by molar-refractivity contribution is -0.114. The number of nitrogens with one attached hydrogen (secondary N) is 3. The second-order valence-corrected chi connectivity index (χ2v) is 7.57. The molecule has 0 fully saturated rings. The van der Waals surface area contributed by atoms with E-state index in [0.717, 1.165) is 0 Å². The zero-order chi connectivity index (χ0) is 27.8. The number of imide groups is 1. The van der Waals surface area contributed by atoms with Crippen LogP contribution in [0.2, 0.25) is 10.0 Å². The first kappa shape index (κ1) is 32.6. The van der Waals surface area contributed by atoms with Crippen LogP contribution in [-0.4, -0.2) is 34.5 Å². The fraction of sp³-hybridized carbons (Fsp3) is 0.417. The van der Waals surface area contributed by atoms with Crippen LogP contribution in [0.25, 0.3) is 0 Å². The molecule has 12 heteroatoms. The number of ether oxygens (including phenoxy) is 1. The topological polar surface area (TPSA) is 149 Å². The second kappa shape index (κ2) is 17.1. The van der Waals surface area contributed by atoms with Gasteiger partial charge in [-0.15, -0.1) is 0 Å². The molecule has 0 saturated heterocycles. The Hall–Kier alpha value is -3.42. The third-order valence-electron chi connectivity index (χ3n) is 4.12. The van der Waals surface area contributed by atoms with Crippen LogP contribution >= 0.6 is 23.2 Å². The Morgan fingerprint density at radius 2 is 1.75 bits per heavy atom. The molecule has 196 valence electrons. The highest BCUT2D eigenvalue weighted by Crippen LogP contribution is 2.31. The van der Waals surface area contributed by atoms with Gasteiger partial charge in [-0.25, -0.2) is 9.89 Å². The maximum absolute atomic E-state index is 11.9. The average Bonchev–Trinajstić information content (AvgIpc) is 2.85. The Morgan fingerprint density at radius 3 is 2.25 bits per heavy atom. The van der Waals surface area contributed by atoms with Gasteiger partial charge in [-0.1, -0.05) is 64.7 Å². The number of hydrogen-bond acceptors (Lipinski definition) is 8. The fourth-order valence-electron chi connectivity index (χ4n) is 2.57. The molecule has 2 rings (SSSR count). The van der Waals surface area contributed by atoms with Gasteiger partial charge in [0.25, 0.3) is 11.5 Å². The van der Waals surface area contributed by atoms with Crippen molar-refractivity contribution < 1.29 is 14.3 Å². The molecule has 0 saturated carbocycles. The van der Waals surface area contributed by atoms with Crippen molar-refractivity contribution >= 4 is 46.6 Å². The van der Waals surface area contributed by atoms with Crippen LogP contribution in [0.3, 0.4) is 0 Å². The maximum Gasteiger partial charge on any atom is 0.414 e. The average molecular weight is 539 g/mol. The summed E-state index contributed by atoms with van der Waals surface area (Å²) in [6.45, 7) is 13.4. The van der Waals surface area contributed by atoms with E-state index in [1.54, 1.807) is 19.1 Å². The number of amides is 2. The minimum Gasteiger partial charge on any atom is -0.450 e. The molecule has 1 heterocycles. The quantitative estimate of drug-likeness (QED) is 0.315. The summed E-state index contributed by atoms with van der Waals surface area (Å²) >= 11 is 12.7.